The highest BCUT2D eigenvalue weighted by atomic mass is 16.5. The SMILES string of the molecule is COc1cc(CCC(=O)N2CCC3(CCNC3)C2)cc(OC)c1OC. The number of nitrogens with one attached hydrogen (secondary N) is 1. The fraction of sp³-hybridized carbons (Fsp3) is 0.632. The molecule has 2 saturated heterocycles. The minimum absolute atomic E-state index is 0.234. The van der Waals surface area contributed by atoms with E-state index >= 15 is 0 Å². The predicted molar refractivity (Wildman–Crippen MR) is 95.5 cm³/mol. The molecule has 6 heteroatoms. The lowest BCUT2D eigenvalue weighted by molar-refractivity contribution is -0.130. The van der Waals surface area contributed by atoms with Crippen LogP contribution >= 0.6 is 0 Å². The maximum Gasteiger partial charge on any atom is 0.222 e. The molecule has 1 atom stereocenters. The molecule has 0 radical (unpaired) electrons. The molecule has 0 aliphatic carbocycles. The molecule has 3 rings (SSSR count). The van der Waals surface area contributed by atoms with E-state index in [1.807, 2.05) is 17.0 Å². The maximum absolute atomic E-state index is 12.6. The van der Waals surface area contributed by atoms with Gasteiger partial charge in [0.1, 0.15) is 0 Å². The van der Waals surface area contributed by atoms with Gasteiger partial charge in [-0.05, 0) is 43.5 Å². The number of likely N-dealkylation sites (tertiary alicyclic amines) is 1. The smallest absolute Gasteiger partial charge is 0.222 e. The lowest BCUT2D eigenvalue weighted by Crippen LogP contribution is -2.33. The Morgan fingerprint density at radius 1 is 1.16 bits per heavy atom. The Labute approximate surface area is 149 Å². The van der Waals surface area contributed by atoms with Gasteiger partial charge in [-0.15, -0.1) is 0 Å². The van der Waals surface area contributed by atoms with Gasteiger partial charge in [0.25, 0.3) is 0 Å². The Morgan fingerprint density at radius 2 is 1.88 bits per heavy atom. The lowest BCUT2D eigenvalue weighted by Gasteiger charge is -2.23. The summed E-state index contributed by atoms with van der Waals surface area (Å²) in [5.41, 5.74) is 1.33. The van der Waals surface area contributed by atoms with Crippen LogP contribution in [0.15, 0.2) is 12.1 Å². The van der Waals surface area contributed by atoms with E-state index in [1.54, 1.807) is 21.3 Å². The van der Waals surface area contributed by atoms with Crippen LogP contribution in [0.4, 0.5) is 0 Å². The van der Waals surface area contributed by atoms with Crippen LogP contribution in [0, 0.1) is 5.41 Å². The van der Waals surface area contributed by atoms with Gasteiger partial charge >= 0.3 is 0 Å². The zero-order chi connectivity index (χ0) is 17.9. The largest absolute Gasteiger partial charge is 0.493 e. The average molecular weight is 348 g/mol. The van der Waals surface area contributed by atoms with Gasteiger partial charge in [0.15, 0.2) is 11.5 Å². The minimum Gasteiger partial charge on any atom is -0.493 e. The van der Waals surface area contributed by atoms with E-state index in [0.717, 1.165) is 38.2 Å². The topological polar surface area (TPSA) is 60.0 Å². The summed E-state index contributed by atoms with van der Waals surface area (Å²) >= 11 is 0. The molecule has 2 fully saturated rings. The number of carbonyl (C=O) groups excluding carboxylic acids is 1. The van der Waals surface area contributed by atoms with Crippen molar-refractivity contribution >= 4 is 5.91 Å². The van der Waals surface area contributed by atoms with E-state index in [9.17, 15) is 4.79 Å². The van der Waals surface area contributed by atoms with Crippen LogP contribution in [-0.4, -0.2) is 58.3 Å². The standard InChI is InChI=1S/C19H28N2O4/c1-23-15-10-14(11-16(24-2)18(15)25-3)4-5-17(22)21-9-7-19(13-21)6-8-20-12-19/h10-11,20H,4-9,12-13H2,1-3H3. The predicted octanol–water partition coefficient (Wildman–Crippen LogP) is 1.86. The second kappa shape index (κ2) is 7.52. The van der Waals surface area contributed by atoms with Crippen molar-refractivity contribution in [2.45, 2.75) is 25.7 Å². The third-order valence-corrected chi connectivity index (χ3v) is 5.48. The van der Waals surface area contributed by atoms with Gasteiger partial charge in [-0.2, -0.15) is 0 Å². The van der Waals surface area contributed by atoms with Crippen molar-refractivity contribution in [2.75, 3.05) is 47.5 Å². The monoisotopic (exact) mass is 348 g/mol. The third kappa shape index (κ3) is 3.68. The lowest BCUT2D eigenvalue weighted by atomic mass is 9.86. The Hall–Kier alpha value is -1.95. The number of hydrogen-bond donors (Lipinski definition) is 1. The summed E-state index contributed by atoms with van der Waals surface area (Å²) in [5.74, 6) is 2.07. The molecule has 138 valence electrons. The fourth-order valence-corrected chi connectivity index (χ4v) is 3.98. The second-order valence-corrected chi connectivity index (χ2v) is 7.03. The highest BCUT2D eigenvalue weighted by Gasteiger charge is 2.41. The van der Waals surface area contributed by atoms with Gasteiger partial charge in [0, 0.05) is 31.5 Å². The van der Waals surface area contributed by atoms with Gasteiger partial charge < -0.3 is 24.4 Å². The van der Waals surface area contributed by atoms with Gasteiger partial charge in [0.05, 0.1) is 21.3 Å². The van der Waals surface area contributed by atoms with Crippen LogP contribution in [0.3, 0.4) is 0 Å². The molecule has 25 heavy (non-hydrogen) atoms. The van der Waals surface area contributed by atoms with Crippen LogP contribution in [-0.2, 0) is 11.2 Å². The number of ether oxygens (including phenoxy) is 3. The Bertz CT molecular complexity index is 601. The number of carbonyl (C=O) groups is 1. The average Bonchev–Trinajstić information content (AvgIpc) is 3.28. The molecule has 2 heterocycles. The number of aryl methyl sites for hydroxylation is 1. The van der Waals surface area contributed by atoms with Gasteiger partial charge in [-0.25, -0.2) is 0 Å². The summed E-state index contributed by atoms with van der Waals surface area (Å²) < 4.78 is 16.1. The van der Waals surface area contributed by atoms with E-state index in [-0.39, 0.29) is 5.91 Å². The number of methoxy groups -OCH3 is 3. The summed E-state index contributed by atoms with van der Waals surface area (Å²) in [6.45, 7) is 3.90. The van der Waals surface area contributed by atoms with Gasteiger partial charge in [0.2, 0.25) is 11.7 Å². The number of benzene rings is 1. The van der Waals surface area contributed by atoms with E-state index in [2.05, 4.69) is 5.32 Å². The molecule has 0 bridgehead atoms. The molecule has 2 aliphatic rings. The van der Waals surface area contributed by atoms with Crippen molar-refractivity contribution in [3.05, 3.63) is 17.7 Å². The molecule has 6 nitrogen and oxygen atoms in total. The van der Waals surface area contributed by atoms with Crippen molar-refractivity contribution in [3.63, 3.8) is 0 Å². The summed E-state index contributed by atoms with van der Waals surface area (Å²) in [6.07, 6.45) is 3.47. The molecule has 1 N–H and O–H groups in total. The number of nitrogens with zero attached hydrogens (tertiary/aromatic N) is 1. The molecule has 0 aromatic heterocycles. The zero-order valence-electron chi connectivity index (χ0n) is 15.4. The molecule has 1 aromatic rings. The van der Waals surface area contributed by atoms with E-state index in [4.69, 9.17) is 14.2 Å². The molecule has 1 amide bonds. The first kappa shape index (κ1) is 17.9. The molecule has 0 saturated carbocycles. The van der Waals surface area contributed by atoms with Crippen LogP contribution in [0.1, 0.15) is 24.8 Å². The summed E-state index contributed by atoms with van der Waals surface area (Å²) in [6, 6.07) is 3.84. The number of amides is 1. The Balaban J connectivity index is 1.62. The van der Waals surface area contributed by atoms with Crippen LogP contribution in [0.2, 0.25) is 0 Å². The van der Waals surface area contributed by atoms with E-state index in [1.165, 1.54) is 6.42 Å². The number of hydrogen-bond acceptors (Lipinski definition) is 5. The van der Waals surface area contributed by atoms with Crippen molar-refractivity contribution < 1.29 is 19.0 Å². The van der Waals surface area contributed by atoms with Gasteiger partial charge in [-0.3, -0.25) is 4.79 Å². The van der Waals surface area contributed by atoms with Crippen LogP contribution in [0.25, 0.3) is 0 Å². The molecule has 1 aromatic carbocycles. The molecule has 1 spiro atoms. The Morgan fingerprint density at radius 3 is 2.44 bits per heavy atom. The maximum atomic E-state index is 12.6. The fourth-order valence-electron chi connectivity index (χ4n) is 3.98. The van der Waals surface area contributed by atoms with Crippen LogP contribution < -0.4 is 19.5 Å². The minimum atomic E-state index is 0.234. The first-order chi connectivity index (χ1) is 12.1. The van der Waals surface area contributed by atoms with Crippen molar-refractivity contribution in [2.24, 2.45) is 5.41 Å². The van der Waals surface area contributed by atoms with Crippen molar-refractivity contribution in [1.82, 2.24) is 10.2 Å². The quantitative estimate of drug-likeness (QED) is 0.850. The summed E-state index contributed by atoms with van der Waals surface area (Å²) in [7, 11) is 4.79. The van der Waals surface area contributed by atoms with E-state index < -0.39 is 0 Å². The second-order valence-electron chi connectivity index (χ2n) is 7.03. The number of rotatable bonds is 6. The summed E-state index contributed by atoms with van der Waals surface area (Å²) in [4.78, 5) is 14.6. The first-order valence-electron chi connectivity index (χ1n) is 8.88. The third-order valence-electron chi connectivity index (χ3n) is 5.48. The summed E-state index contributed by atoms with van der Waals surface area (Å²) in [5, 5.41) is 3.43. The molecule has 2 aliphatic heterocycles. The van der Waals surface area contributed by atoms with Crippen molar-refractivity contribution in [3.8, 4) is 17.2 Å². The van der Waals surface area contributed by atoms with Gasteiger partial charge in [-0.1, -0.05) is 0 Å². The van der Waals surface area contributed by atoms with Crippen LogP contribution in [0.5, 0.6) is 17.2 Å². The first-order valence-corrected chi connectivity index (χ1v) is 8.88. The van der Waals surface area contributed by atoms with Crippen molar-refractivity contribution in [1.29, 1.82) is 0 Å². The molecular formula is C19H28N2O4. The highest BCUT2D eigenvalue weighted by molar-refractivity contribution is 5.77. The molecule has 1 unspecified atom stereocenters. The highest BCUT2D eigenvalue weighted by Crippen LogP contribution is 2.39. The van der Waals surface area contributed by atoms with E-state index in [0.29, 0.717) is 35.5 Å². The zero-order valence-corrected chi connectivity index (χ0v) is 15.4. The Kier molecular flexibility index (Phi) is 5.37. The normalized spacial score (nSPS) is 22.4. The molecular weight excluding hydrogens is 320 g/mol.